The van der Waals surface area contributed by atoms with E-state index >= 15 is 0 Å². The summed E-state index contributed by atoms with van der Waals surface area (Å²) >= 11 is 0. The Bertz CT molecular complexity index is 526. The molecule has 6 nitrogen and oxygen atoms in total. The molecule has 24 heavy (non-hydrogen) atoms. The Labute approximate surface area is 143 Å². The van der Waals surface area contributed by atoms with Gasteiger partial charge in [-0.1, -0.05) is 19.8 Å². The van der Waals surface area contributed by atoms with E-state index in [0.717, 1.165) is 25.8 Å². The van der Waals surface area contributed by atoms with Crippen molar-refractivity contribution in [1.82, 2.24) is 15.1 Å². The Morgan fingerprint density at radius 3 is 2.42 bits per heavy atom. The van der Waals surface area contributed by atoms with Gasteiger partial charge in [0, 0.05) is 18.5 Å². The van der Waals surface area contributed by atoms with Crippen molar-refractivity contribution in [3.8, 4) is 0 Å². The average Bonchev–Trinajstić information content (AvgIpc) is 3.02. The minimum atomic E-state index is -0.257. The van der Waals surface area contributed by atoms with Crippen molar-refractivity contribution in [3.63, 3.8) is 0 Å². The first-order valence-corrected chi connectivity index (χ1v) is 9.41. The SMILES string of the molecule is C[C@@H]1C[C@@H]1C(=O)N1CC2(C1)CN(C)[C@@H](C(=O)NC1CCCC1)CO2. The number of likely N-dealkylation sites (N-methyl/N-ethyl adjacent to an activating group) is 1. The van der Waals surface area contributed by atoms with Crippen LogP contribution in [0.1, 0.15) is 39.0 Å². The summed E-state index contributed by atoms with van der Waals surface area (Å²) in [5.74, 6) is 1.18. The highest BCUT2D eigenvalue weighted by Crippen LogP contribution is 2.42. The lowest BCUT2D eigenvalue weighted by molar-refractivity contribution is -0.202. The lowest BCUT2D eigenvalue weighted by Crippen LogP contribution is -2.73. The van der Waals surface area contributed by atoms with Crippen LogP contribution in [0.3, 0.4) is 0 Å². The van der Waals surface area contributed by atoms with Crippen LogP contribution in [0, 0.1) is 11.8 Å². The first-order valence-electron chi connectivity index (χ1n) is 9.41. The number of carbonyl (C=O) groups excluding carboxylic acids is 2. The second kappa shape index (κ2) is 5.99. The predicted molar refractivity (Wildman–Crippen MR) is 89.4 cm³/mol. The van der Waals surface area contributed by atoms with Crippen molar-refractivity contribution >= 4 is 11.8 Å². The number of nitrogens with zero attached hydrogens (tertiary/aromatic N) is 2. The van der Waals surface area contributed by atoms with E-state index in [0.29, 0.717) is 37.6 Å². The van der Waals surface area contributed by atoms with Crippen LogP contribution in [0.5, 0.6) is 0 Å². The molecule has 0 aromatic heterocycles. The molecule has 2 heterocycles. The van der Waals surface area contributed by atoms with Gasteiger partial charge < -0.3 is 15.0 Å². The Hall–Kier alpha value is -1.14. The van der Waals surface area contributed by atoms with Gasteiger partial charge in [0.1, 0.15) is 11.6 Å². The zero-order valence-electron chi connectivity index (χ0n) is 14.8. The third kappa shape index (κ3) is 2.94. The summed E-state index contributed by atoms with van der Waals surface area (Å²) in [7, 11) is 2.00. The summed E-state index contributed by atoms with van der Waals surface area (Å²) in [4.78, 5) is 28.8. The lowest BCUT2D eigenvalue weighted by Gasteiger charge is -2.55. The Morgan fingerprint density at radius 1 is 1.17 bits per heavy atom. The number of hydrogen-bond donors (Lipinski definition) is 1. The number of likely N-dealkylation sites (tertiary alicyclic amines) is 1. The second-order valence-corrected chi connectivity index (χ2v) is 8.43. The summed E-state index contributed by atoms with van der Waals surface area (Å²) in [6.07, 6.45) is 5.67. The zero-order valence-corrected chi connectivity index (χ0v) is 14.8. The van der Waals surface area contributed by atoms with E-state index in [1.54, 1.807) is 0 Å². The number of amides is 2. The molecule has 2 amide bonds. The lowest BCUT2D eigenvalue weighted by atomic mass is 9.90. The quantitative estimate of drug-likeness (QED) is 0.821. The Kier molecular flexibility index (Phi) is 4.07. The van der Waals surface area contributed by atoms with Crippen LogP contribution in [0.25, 0.3) is 0 Å². The summed E-state index contributed by atoms with van der Waals surface area (Å²) in [5, 5.41) is 3.17. The molecule has 134 valence electrons. The molecule has 0 aromatic carbocycles. The van der Waals surface area contributed by atoms with Gasteiger partial charge in [-0.25, -0.2) is 0 Å². The molecule has 4 fully saturated rings. The first-order chi connectivity index (χ1) is 11.5. The molecule has 1 N–H and O–H groups in total. The van der Waals surface area contributed by atoms with E-state index in [1.165, 1.54) is 12.8 Å². The van der Waals surface area contributed by atoms with Crippen molar-refractivity contribution in [3.05, 3.63) is 0 Å². The molecule has 0 radical (unpaired) electrons. The van der Waals surface area contributed by atoms with Crippen molar-refractivity contribution in [1.29, 1.82) is 0 Å². The van der Waals surface area contributed by atoms with Gasteiger partial charge in [0.25, 0.3) is 0 Å². The number of nitrogens with one attached hydrogen (secondary N) is 1. The maximum atomic E-state index is 12.5. The van der Waals surface area contributed by atoms with Gasteiger partial charge >= 0.3 is 0 Å². The minimum Gasteiger partial charge on any atom is -0.368 e. The van der Waals surface area contributed by atoms with Crippen LogP contribution in [0.2, 0.25) is 0 Å². The van der Waals surface area contributed by atoms with Crippen molar-refractivity contribution < 1.29 is 14.3 Å². The third-order valence-corrected chi connectivity index (χ3v) is 6.32. The molecule has 0 aromatic rings. The summed E-state index contributed by atoms with van der Waals surface area (Å²) in [5.41, 5.74) is -0.257. The minimum absolute atomic E-state index is 0.0957. The molecule has 2 saturated carbocycles. The van der Waals surface area contributed by atoms with Gasteiger partial charge in [0.2, 0.25) is 11.8 Å². The zero-order chi connectivity index (χ0) is 16.9. The fourth-order valence-corrected chi connectivity index (χ4v) is 4.53. The van der Waals surface area contributed by atoms with E-state index < -0.39 is 0 Å². The van der Waals surface area contributed by atoms with E-state index in [1.807, 2.05) is 11.9 Å². The Balaban J connectivity index is 1.27. The molecule has 4 aliphatic rings. The van der Waals surface area contributed by atoms with Crippen LogP contribution in [0.15, 0.2) is 0 Å². The van der Waals surface area contributed by atoms with Gasteiger partial charge in [0.15, 0.2) is 0 Å². The summed E-state index contributed by atoms with van der Waals surface area (Å²) < 4.78 is 6.08. The number of ether oxygens (including phenoxy) is 1. The molecule has 2 aliphatic carbocycles. The maximum Gasteiger partial charge on any atom is 0.239 e. The number of hydrogen-bond acceptors (Lipinski definition) is 4. The molecule has 6 heteroatoms. The average molecular weight is 335 g/mol. The smallest absolute Gasteiger partial charge is 0.239 e. The molecule has 0 bridgehead atoms. The molecular formula is C18H29N3O3. The van der Waals surface area contributed by atoms with E-state index in [2.05, 4.69) is 17.1 Å². The molecule has 4 rings (SSSR count). The van der Waals surface area contributed by atoms with Crippen LogP contribution in [0.4, 0.5) is 0 Å². The maximum absolute atomic E-state index is 12.5. The van der Waals surface area contributed by atoms with Crippen molar-refractivity contribution in [2.24, 2.45) is 11.8 Å². The molecule has 1 spiro atoms. The predicted octanol–water partition coefficient (Wildman–Crippen LogP) is 0.613. The van der Waals surface area contributed by atoms with Gasteiger partial charge in [-0.15, -0.1) is 0 Å². The van der Waals surface area contributed by atoms with Gasteiger partial charge in [-0.05, 0) is 32.2 Å². The molecule has 2 aliphatic heterocycles. The van der Waals surface area contributed by atoms with Crippen LogP contribution in [-0.4, -0.2) is 72.6 Å². The molecule has 2 saturated heterocycles. The first kappa shape index (κ1) is 16.3. The molecular weight excluding hydrogens is 306 g/mol. The fraction of sp³-hybridized carbons (Fsp3) is 0.889. The monoisotopic (exact) mass is 335 g/mol. The van der Waals surface area contributed by atoms with E-state index in [9.17, 15) is 9.59 Å². The van der Waals surface area contributed by atoms with Crippen molar-refractivity contribution in [2.45, 2.75) is 56.7 Å². The second-order valence-electron chi connectivity index (χ2n) is 8.43. The van der Waals surface area contributed by atoms with Gasteiger partial charge in [-0.2, -0.15) is 0 Å². The largest absolute Gasteiger partial charge is 0.368 e. The van der Waals surface area contributed by atoms with Gasteiger partial charge in [0.05, 0.1) is 19.7 Å². The number of carbonyl (C=O) groups is 2. The van der Waals surface area contributed by atoms with Crippen LogP contribution >= 0.6 is 0 Å². The highest BCUT2D eigenvalue weighted by molar-refractivity contribution is 5.83. The van der Waals surface area contributed by atoms with E-state index in [4.69, 9.17) is 4.74 Å². The topological polar surface area (TPSA) is 61.9 Å². The fourth-order valence-electron chi connectivity index (χ4n) is 4.53. The van der Waals surface area contributed by atoms with Gasteiger partial charge in [-0.3, -0.25) is 14.5 Å². The Morgan fingerprint density at radius 2 is 1.83 bits per heavy atom. The molecule has 3 atom stereocenters. The van der Waals surface area contributed by atoms with Crippen LogP contribution < -0.4 is 5.32 Å². The number of rotatable bonds is 3. The van der Waals surface area contributed by atoms with Crippen molar-refractivity contribution in [2.75, 3.05) is 33.3 Å². The standard InChI is InChI=1S/C18H29N3O3/c1-12-7-14(12)17(23)21-10-18(11-21)9-20(2)15(8-24-18)16(22)19-13-5-3-4-6-13/h12-15H,3-11H2,1-2H3,(H,19,22)/t12-,14+,15-/m1/s1. The normalized spacial score (nSPS) is 35.8. The molecule has 0 unspecified atom stereocenters. The highest BCUT2D eigenvalue weighted by atomic mass is 16.5. The highest BCUT2D eigenvalue weighted by Gasteiger charge is 2.54. The van der Waals surface area contributed by atoms with Crippen LogP contribution in [-0.2, 0) is 14.3 Å². The van der Waals surface area contributed by atoms with E-state index in [-0.39, 0.29) is 23.5 Å². The summed E-state index contributed by atoms with van der Waals surface area (Å²) in [6.45, 7) is 4.64. The number of morpholine rings is 1. The third-order valence-electron chi connectivity index (χ3n) is 6.32. The summed E-state index contributed by atoms with van der Waals surface area (Å²) in [6, 6.07) is 0.142.